The molecule has 0 radical (unpaired) electrons. The minimum atomic E-state index is 0.189. The van der Waals surface area contributed by atoms with E-state index in [0.29, 0.717) is 25.9 Å². The van der Waals surface area contributed by atoms with Gasteiger partial charge in [-0.3, -0.25) is 4.79 Å². The van der Waals surface area contributed by atoms with Gasteiger partial charge in [0.25, 0.3) is 0 Å². The quantitative estimate of drug-likeness (QED) is 0.540. The van der Waals surface area contributed by atoms with E-state index in [-0.39, 0.29) is 11.8 Å². The minimum absolute atomic E-state index is 0.189. The molecule has 0 saturated carbocycles. The summed E-state index contributed by atoms with van der Waals surface area (Å²) < 4.78 is 0. The second-order valence-corrected chi connectivity index (χ2v) is 3.83. The molecular formula is C10H18N2O2. The SMILES string of the molecule is CCCC(=O)N1CCC(=NO)C(C)C1. The zero-order valence-electron chi connectivity index (χ0n) is 8.86. The lowest BCUT2D eigenvalue weighted by Crippen LogP contribution is -2.43. The van der Waals surface area contributed by atoms with Crippen LogP contribution in [0.3, 0.4) is 0 Å². The molecule has 1 amide bonds. The number of nitrogens with zero attached hydrogens (tertiary/aromatic N) is 2. The molecular weight excluding hydrogens is 180 g/mol. The van der Waals surface area contributed by atoms with Gasteiger partial charge in [0.1, 0.15) is 0 Å². The third-order valence-electron chi connectivity index (χ3n) is 2.65. The molecule has 1 N–H and O–H groups in total. The number of hydrogen-bond acceptors (Lipinski definition) is 3. The molecule has 1 aliphatic heterocycles. The van der Waals surface area contributed by atoms with Crippen molar-refractivity contribution in [1.82, 2.24) is 4.90 Å². The molecule has 80 valence electrons. The Bertz CT molecular complexity index is 238. The van der Waals surface area contributed by atoms with Crippen molar-refractivity contribution in [3.05, 3.63) is 0 Å². The van der Waals surface area contributed by atoms with Crippen molar-refractivity contribution in [2.75, 3.05) is 13.1 Å². The first-order chi connectivity index (χ1) is 6.69. The zero-order valence-corrected chi connectivity index (χ0v) is 8.86. The van der Waals surface area contributed by atoms with Crippen LogP contribution in [0, 0.1) is 5.92 Å². The van der Waals surface area contributed by atoms with Gasteiger partial charge < -0.3 is 10.1 Å². The fourth-order valence-electron chi connectivity index (χ4n) is 1.77. The molecule has 1 aliphatic rings. The highest BCUT2D eigenvalue weighted by molar-refractivity contribution is 5.89. The van der Waals surface area contributed by atoms with E-state index in [1.54, 1.807) is 0 Å². The summed E-state index contributed by atoms with van der Waals surface area (Å²) in [6.07, 6.45) is 2.22. The molecule has 0 aromatic heterocycles. The molecule has 1 atom stereocenters. The van der Waals surface area contributed by atoms with Crippen molar-refractivity contribution in [2.45, 2.75) is 33.1 Å². The average Bonchev–Trinajstić information content (AvgIpc) is 2.18. The molecule has 1 fully saturated rings. The Morgan fingerprint density at radius 1 is 1.71 bits per heavy atom. The fourth-order valence-corrected chi connectivity index (χ4v) is 1.77. The summed E-state index contributed by atoms with van der Waals surface area (Å²) in [5.74, 6) is 0.408. The monoisotopic (exact) mass is 198 g/mol. The topological polar surface area (TPSA) is 52.9 Å². The Balaban J connectivity index is 2.50. The van der Waals surface area contributed by atoms with Gasteiger partial charge in [0.05, 0.1) is 5.71 Å². The van der Waals surface area contributed by atoms with Gasteiger partial charge in [-0.05, 0) is 6.42 Å². The van der Waals surface area contributed by atoms with Crippen LogP contribution in [0.5, 0.6) is 0 Å². The van der Waals surface area contributed by atoms with Crippen molar-refractivity contribution < 1.29 is 10.0 Å². The van der Waals surface area contributed by atoms with Crippen molar-refractivity contribution in [3.8, 4) is 0 Å². The van der Waals surface area contributed by atoms with Crippen molar-refractivity contribution in [3.63, 3.8) is 0 Å². The van der Waals surface area contributed by atoms with E-state index in [1.165, 1.54) is 0 Å². The van der Waals surface area contributed by atoms with Gasteiger partial charge >= 0.3 is 0 Å². The highest BCUT2D eigenvalue weighted by atomic mass is 16.4. The Labute approximate surface area is 84.6 Å². The molecule has 14 heavy (non-hydrogen) atoms. The van der Waals surface area contributed by atoms with Gasteiger partial charge in [-0.25, -0.2) is 0 Å². The van der Waals surface area contributed by atoms with E-state index < -0.39 is 0 Å². The van der Waals surface area contributed by atoms with Gasteiger partial charge in [-0.15, -0.1) is 0 Å². The summed E-state index contributed by atoms with van der Waals surface area (Å²) in [5, 5.41) is 11.9. The third kappa shape index (κ3) is 2.47. The molecule has 0 spiro atoms. The second-order valence-electron chi connectivity index (χ2n) is 3.83. The van der Waals surface area contributed by atoms with Crippen molar-refractivity contribution >= 4 is 11.6 Å². The second kappa shape index (κ2) is 4.98. The maximum atomic E-state index is 11.6. The van der Waals surface area contributed by atoms with Gasteiger partial charge in [0, 0.05) is 31.8 Å². The Morgan fingerprint density at radius 3 is 2.93 bits per heavy atom. The maximum Gasteiger partial charge on any atom is 0.222 e. The largest absolute Gasteiger partial charge is 0.411 e. The normalized spacial score (nSPS) is 25.4. The Hall–Kier alpha value is -1.06. The number of carbonyl (C=O) groups is 1. The summed E-state index contributed by atoms with van der Waals surface area (Å²) in [6, 6.07) is 0. The molecule has 1 saturated heterocycles. The summed E-state index contributed by atoms with van der Waals surface area (Å²) in [5.41, 5.74) is 0.811. The van der Waals surface area contributed by atoms with Crippen LogP contribution < -0.4 is 0 Å². The summed E-state index contributed by atoms with van der Waals surface area (Å²) in [4.78, 5) is 13.4. The van der Waals surface area contributed by atoms with Crippen molar-refractivity contribution in [2.24, 2.45) is 11.1 Å². The Morgan fingerprint density at radius 2 is 2.43 bits per heavy atom. The lowest BCUT2D eigenvalue weighted by Gasteiger charge is -2.31. The number of likely N-dealkylation sites (tertiary alicyclic amines) is 1. The molecule has 4 nitrogen and oxygen atoms in total. The van der Waals surface area contributed by atoms with Crippen LogP contribution in [-0.4, -0.2) is 34.8 Å². The van der Waals surface area contributed by atoms with Crippen LogP contribution in [0.1, 0.15) is 33.1 Å². The van der Waals surface area contributed by atoms with E-state index in [2.05, 4.69) is 5.16 Å². The highest BCUT2D eigenvalue weighted by Crippen LogP contribution is 2.14. The minimum Gasteiger partial charge on any atom is -0.411 e. The number of carbonyl (C=O) groups excluding carboxylic acids is 1. The predicted octanol–water partition coefficient (Wildman–Crippen LogP) is 1.49. The van der Waals surface area contributed by atoms with E-state index in [0.717, 1.165) is 12.1 Å². The van der Waals surface area contributed by atoms with Crippen LogP contribution in [0.4, 0.5) is 0 Å². The first-order valence-corrected chi connectivity index (χ1v) is 5.17. The zero-order chi connectivity index (χ0) is 10.6. The molecule has 1 rings (SSSR count). The maximum absolute atomic E-state index is 11.6. The summed E-state index contributed by atoms with van der Waals surface area (Å²) >= 11 is 0. The smallest absolute Gasteiger partial charge is 0.222 e. The fraction of sp³-hybridized carbons (Fsp3) is 0.800. The van der Waals surface area contributed by atoms with E-state index in [9.17, 15) is 4.79 Å². The summed E-state index contributed by atoms with van der Waals surface area (Å²) in [6.45, 7) is 5.38. The van der Waals surface area contributed by atoms with Crippen LogP contribution >= 0.6 is 0 Å². The first-order valence-electron chi connectivity index (χ1n) is 5.17. The van der Waals surface area contributed by atoms with Crippen LogP contribution in [0.25, 0.3) is 0 Å². The van der Waals surface area contributed by atoms with Crippen LogP contribution in [-0.2, 0) is 4.79 Å². The lowest BCUT2D eigenvalue weighted by atomic mass is 9.97. The molecule has 0 bridgehead atoms. The van der Waals surface area contributed by atoms with Crippen LogP contribution in [0.15, 0.2) is 5.16 Å². The van der Waals surface area contributed by atoms with Gasteiger partial charge in [-0.1, -0.05) is 19.0 Å². The number of piperidine rings is 1. The molecule has 1 heterocycles. The molecule has 0 aromatic carbocycles. The molecule has 1 unspecified atom stereocenters. The number of amides is 1. The van der Waals surface area contributed by atoms with Gasteiger partial charge in [-0.2, -0.15) is 0 Å². The van der Waals surface area contributed by atoms with Crippen molar-refractivity contribution in [1.29, 1.82) is 0 Å². The van der Waals surface area contributed by atoms with Crippen LogP contribution in [0.2, 0.25) is 0 Å². The van der Waals surface area contributed by atoms with Gasteiger partial charge in [0.15, 0.2) is 0 Å². The van der Waals surface area contributed by atoms with E-state index >= 15 is 0 Å². The van der Waals surface area contributed by atoms with Gasteiger partial charge in [0.2, 0.25) is 5.91 Å². The number of oxime groups is 1. The highest BCUT2D eigenvalue weighted by Gasteiger charge is 2.24. The molecule has 0 aliphatic carbocycles. The number of hydrogen-bond donors (Lipinski definition) is 1. The standard InChI is InChI=1S/C10H18N2O2/c1-3-4-10(13)12-6-5-9(11-14)8(2)7-12/h8,14H,3-7H2,1-2H3. The lowest BCUT2D eigenvalue weighted by molar-refractivity contribution is -0.131. The average molecular weight is 198 g/mol. The summed E-state index contributed by atoms with van der Waals surface area (Å²) in [7, 11) is 0. The molecule has 4 heteroatoms. The van der Waals surface area contributed by atoms with E-state index in [4.69, 9.17) is 5.21 Å². The van der Waals surface area contributed by atoms with E-state index in [1.807, 2.05) is 18.7 Å². The number of rotatable bonds is 2. The predicted molar refractivity (Wildman–Crippen MR) is 54.5 cm³/mol. The molecule has 0 aromatic rings. The Kier molecular flexibility index (Phi) is 3.92. The third-order valence-corrected chi connectivity index (χ3v) is 2.65. The first kappa shape index (κ1) is 11.0.